The molecule has 8 heteroatoms. The van der Waals surface area contributed by atoms with Crippen LogP contribution in [0.2, 0.25) is 0 Å². The number of sulfonamides is 1. The summed E-state index contributed by atoms with van der Waals surface area (Å²) >= 11 is 1.29. The zero-order chi connectivity index (χ0) is 18.0. The average molecular weight is 380 g/mol. The number of ether oxygens (including phenoxy) is 1. The fourth-order valence-electron chi connectivity index (χ4n) is 2.72. The van der Waals surface area contributed by atoms with Crippen molar-refractivity contribution in [2.45, 2.75) is 31.7 Å². The number of fused-ring (bicyclic) bond motifs is 1. The number of benzene rings is 1. The third-order valence-electron chi connectivity index (χ3n) is 3.97. The Balaban J connectivity index is 2.00. The molecule has 134 valence electrons. The van der Waals surface area contributed by atoms with Crippen LogP contribution in [0.5, 0.6) is 0 Å². The maximum Gasteiger partial charge on any atom is 0.341 e. The van der Waals surface area contributed by atoms with Crippen LogP contribution in [-0.4, -0.2) is 27.5 Å². The molecule has 0 bridgehead atoms. The lowest BCUT2D eigenvalue weighted by Gasteiger charge is -2.14. The van der Waals surface area contributed by atoms with Gasteiger partial charge in [-0.15, -0.1) is 11.3 Å². The molecule has 25 heavy (non-hydrogen) atoms. The molecular weight excluding hydrogens is 360 g/mol. The first-order valence-corrected chi connectivity index (χ1v) is 10.3. The van der Waals surface area contributed by atoms with Crippen LogP contribution in [-0.2, 0) is 27.7 Å². The number of anilines is 1. The molecule has 2 N–H and O–H groups in total. The van der Waals surface area contributed by atoms with E-state index in [1.165, 1.54) is 11.3 Å². The van der Waals surface area contributed by atoms with E-state index in [0.29, 0.717) is 23.5 Å². The van der Waals surface area contributed by atoms with Crippen LogP contribution < -0.4 is 10.0 Å². The number of rotatable bonds is 5. The van der Waals surface area contributed by atoms with Crippen molar-refractivity contribution in [2.24, 2.45) is 0 Å². The van der Waals surface area contributed by atoms with Crippen LogP contribution in [0.25, 0.3) is 0 Å². The number of hydrogen-bond acceptors (Lipinski definition) is 6. The molecule has 1 aliphatic heterocycles. The Morgan fingerprint density at radius 2 is 2.04 bits per heavy atom. The van der Waals surface area contributed by atoms with E-state index < -0.39 is 16.0 Å². The zero-order valence-corrected chi connectivity index (χ0v) is 15.7. The molecular formula is C17H20N2O4S2. The molecule has 0 fully saturated rings. The van der Waals surface area contributed by atoms with E-state index in [4.69, 9.17) is 4.74 Å². The van der Waals surface area contributed by atoms with Crippen molar-refractivity contribution in [3.63, 3.8) is 0 Å². The molecule has 0 aliphatic carbocycles. The molecule has 0 amide bonds. The Morgan fingerprint density at radius 3 is 2.72 bits per heavy atom. The topological polar surface area (TPSA) is 84.5 Å². The molecule has 1 aromatic carbocycles. The summed E-state index contributed by atoms with van der Waals surface area (Å²) < 4.78 is 33.1. The number of thiophene rings is 1. The average Bonchev–Trinajstić information content (AvgIpc) is 2.92. The lowest BCUT2D eigenvalue weighted by atomic mass is 10.0. The first-order valence-electron chi connectivity index (χ1n) is 8.04. The minimum Gasteiger partial charge on any atom is -0.462 e. The summed E-state index contributed by atoms with van der Waals surface area (Å²) in [7, 11) is -3.77. The van der Waals surface area contributed by atoms with Gasteiger partial charge in [0.25, 0.3) is 10.0 Å². The van der Waals surface area contributed by atoms with Gasteiger partial charge in [0.1, 0.15) is 5.00 Å². The summed E-state index contributed by atoms with van der Waals surface area (Å²) in [6.07, 6.45) is 0.673. The van der Waals surface area contributed by atoms with Gasteiger partial charge in [0, 0.05) is 11.4 Å². The Hall–Kier alpha value is -1.90. The van der Waals surface area contributed by atoms with Crippen molar-refractivity contribution in [2.75, 3.05) is 17.9 Å². The highest BCUT2D eigenvalue weighted by Crippen LogP contribution is 2.37. The maximum absolute atomic E-state index is 12.7. The van der Waals surface area contributed by atoms with Gasteiger partial charge >= 0.3 is 5.97 Å². The number of aryl methyl sites for hydroxylation is 1. The number of carbonyl (C=O) groups excluding carboxylic acids is 1. The lowest BCUT2D eigenvalue weighted by Crippen LogP contribution is -2.23. The van der Waals surface area contributed by atoms with Crippen molar-refractivity contribution in [3.05, 3.63) is 45.8 Å². The molecule has 0 radical (unpaired) electrons. The molecule has 2 aromatic rings. The highest BCUT2D eigenvalue weighted by Gasteiger charge is 2.28. The molecule has 0 atom stereocenters. The van der Waals surface area contributed by atoms with E-state index in [2.05, 4.69) is 10.0 Å². The first kappa shape index (κ1) is 17.9. The molecule has 0 saturated heterocycles. The number of carbonyl (C=O) groups is 1. The molecule has 2 heterocycles. The number of esters is 1. The van der Waals surface area contributed by atoms with E-state index in [9.17, 15) is 13.2 Å². The molecule has 1 aromatic heterocycles. The summed E-state index contributed by atoms with van der Waals surface area (Å²) in [6.45, 7) is 5.24. The van der Waals surface area contributed by atoms with Crippen LogP contribution >= 0.6 is 11.3 Å². The molecule has 0 saturated carbocycles. The third-order valence-corrected chi connectivity index (χ3v) is 6.61. The van der Waals surface area contributed by atoms with Gasteiger partial charge in [-0.2, -0.15) is 0 Å². The SMILES string of the molecule is CCOC(=O)c1c(NS(=O)(=O)c2ccc(C)cc2)sc2c1CCNC2. The monoisotopic (exact) mass is 380 g/mol. The summed E-state index contributed by atoms with van der Waals surface area (Å²) in [5.74, 6) is -0.483. The van der Waals surface area contributed by atoms with Gasteiger partial charge in [-0.3, -0.25) is 4.72 Å². The summed E-state index contributed by atoms with van der Waals surface area (Å²) in [6, 6.07) is 6.59. The van der Waals surface area contributed by atoms with Crippen molar-refractivity contribution < 1.29 is 17.9 Å². The Labute approximate surface area is 151 Å². The van der Waals surface area contributed by atoms with Crippen LogP contribution in [0.3, 0.4) is 0 Å². The maximum atomic E-state index is 12.7. The predicted octanol–water partition coefficient (Wildman–Crippen LogP) is 2.68. The van der Waals surface area contributed by atoms with Gasteiger partial charge < -0.3 is 10.1 Å². The van der Waals surface area contributed by atoms with Crippen molar-refractivity contribution in [1.82, 2.24) is 5.32 Å². The second-order valence-corrected chi connectivity index (χ2v) is 8.56. The van der Waals surface area contributed by atoms with Crippen LogP contribution in [0.15, 0.2) is 29.2 Å². The predicted molar refractivity (Wildman–Crippen MR) is 97.7 cm³/mol. The fraction of sp³-hybridized carbons (Fsp3) is 0.353. The van der Waals surface area contributed by atoms with Crippen molar-refractivity contribution in [3.8, 4) is 0 Å². The third kappa shape index (κ3) is 3.70. The van der Waals surface area contributed by atoms with Gasteiger partial charge in [0.15, 0.2) is 0 Å². The Kier molecular flexibility index (Phi) is 5.12. The zero-order valence-electron chi connectivity index (χ0n) is 14.1. The second-order valence-electron chi connectivity index (χ2n) is 5.77. The Bertz CT molecular complexity index is 886. The van der Waals surface area contributed by atoms with E-state index in [1.54, 1.807) is 31.2 Å². The number of nitrogens with one attached hydrogen (secondary N) is 2. The normalized spacial score (nSPS) is 14.0. The van der Waals surface area contributed by atoms with Crippen LogP contribution in [0.1, 0.15) is 33.3 Å². The van der Waals surface area contributed by atoms with Crippen LogP contribution in [0.4, 0.5) is 5.00 Å². The van der Waals surface area contributed by atoms with Gasteiger partial charge in [-0.25, -0.2) is 13.2 Å². The Morgan fingerprint density at radius 1 is 1.32 bits per heavy atom. The largest absolute Gasteiger partial charge is 0.462 e. The summed E-state index contributed by atoms with van der Waals surface area (Å²) in [5, 5.41) is 3.56. The van der Waals surface area contributed by atoms with E-state index in [1.807, 2.05) is 6.92 Å². The van der Waals surface area contributed by atoms with E-state index in [0.717, 1.165) is 22.5 Å². The highest BCUT2D eigenvalue weighted by molar-refractivity contribution is 7.93. The van der Waals surface area contributed by atoms with Gasteiger partial charge in [-0.1, -0.05) is 17.7 Å². The quantitative estimate of drug-likeness (QED) is 0.779. The first-order chi connectivity index (χ1) is 11.9. The molecule has 1 aliphatic rings. The van der Waals surface area contributed by atoms with Gasteiger partial charge in [0.2, 0.25) is 0 Å². The highest BCUT2D eigenvalue weighted by atomic mass is 32.2. The van der Waals surface area contributed by atoms with Crippen molar-refractivity contribution >= 4 is 32.3 Å². The lowest BCUT2D eigenvalue weighted by molar-refractivity contribution is 0.0526. The molecule has 0 spiro atoms. The van der Waals surface area contributed by atoms with Crippen LogP contribution in [0, 0.1) is 6.92 Å². The molecule has 0 unspecified atom stereocenters. The van der Waals surface area contributed by atoms with Gasteiger partial charge in [-0.05, 0) is 44.5 Å². The van der Waals surface area contributed by atoms with Gasteiger partial charge in [0.05, 0.1) is 17.1 Å². The molecule has 6 nitrogen and oxygen atoms in total. The van der Waals surface area contributed by atoms with E-state index in [-0.39, 0.29) is 11.5 Å². The fourth-order valence-corrected chi connectivity index (χ4v) is 5.23. The minimum absolute atomic E-state index is 0.164. The smallest absolute Gasteiger partial charge is 0.341 e. The summed E-state index contributed by atoms with van der Waals surface area (Å²) in [4.78, 5) is 13.5. The molecule has 3 rings (SSSR count). The minimum atomic E-state index is -3.77. The number of hydrogen-bond donors (Lipinski definition) is 2. The standard InChI is InChI=1S/C17H20N2O4S2/c1-3-23-17(20)15-13-8-9-18-10-14(13)24-16(15)19-25(21,22)12-6-4-11(2)5-7-12/h4-7,18-19H,3,8-10H2,1-2H3. The second kappa shape index (κ2) is 7.15. The van der Waals surface area contributed by atoms with Crippen molar-refractivity contribution in [1.29, 1.82) is 0 Å². The van der Waals surface area contributed by atoms with E-state index >= 15 is 0 Å². The summed E-state index contributed by atoms with van der Waals surface area (Å²) in [5.41, 5.74) is 2.20.